The van der Waals surface area contributed by atoms with Crippen LogP contribution in [0.4, 0.5) is 0 Å². The van der Waals surface area contributed by atoms with Crippen LogP contribution in [-0.4, -0.2) is 35.0 Å². The van der Waals surface area contributed by atoms with Crippen molar-refractivity contribution in [2.45, 2.75) is 64.1 Å². The van der Waals surface area contributed by atoms with E-state index in [9.17, 15) is 4.79 Å². The molecule has 0 spiro atoms. The molecule has 5 heteroatoms. The summed E-state index contributed by atoms with van der Waals surface area (Å²) in [6.45, 7) is 4.62. The minimum absolute atomic E-state index is 0.00197. The Morgan fingerprint density at radius 2 is 1.83 bits per heavy atom. The van der Waals surface area contributed by atoms with Gasteiger partial charge in [0.1, 0.15) is 5.75 Å². The van der Waals surface area contributed by atoms with Crippen LogP contribution < -0.4 is 10.1 Å². The number of rotatable bonds is 7. The number of pyridine rings is 1. The Kier molecular flexibility index (Phi) is 7.00. The fourth-order valence-corrected chi connectivity index (χ4v) is 4.79. The molecule has 30 heavy (non-hydrogen) atoms. The minimum atomic E-state index is -0.00197. The molecule has 2 aromatic rings. The highest BCUT2D eigenvalue weighted by Gasteiger charge is 2.29. The maximum atomic E-state index is 11.8. The summed E-state index contributed by atoms with van der Waals surface area (Å²) in [6.07, 6.45) is 9.30. The molecule has 5 nitrogen and oxygen atoms in total. The van der Waals surface area contributed by atoms with Crippen LogP contribution >= 0.6 is 0 Å². The predicted molar refractivity (Wildman–Crippen MR) is 118 cm³/mol. The summed E-state index contributed by atoms with van der Waals surface area (Å²) in [5.74, 6) is 1.42. The summed E-state index contributed by atoms with van der Waals surface area (Å²) in [7, 11) is 0. The van der Waals surface area contributed by atoms with E-state index >= 15 is 0 Å². The van der Waals surface area contributed by atoms with Gasteiger partial charge in [-0.3, -0.25) is 14.7 Å². The highest BCUT2D eigenvalue weighted by Crippen LogP contribution is 2.31. The molecule has 4 rings (SSSR count). The maximum Gasteiger partial charge on any atom is 0.217 e. The summed E-state index contributed by atoms with van der Waals surface area (Å²) in [5.41, 5.74) is 2.29. The lowest BCUT2D eigenvalue weighted by Crippen LogP contribution is -2.40. The molecule has 0 bridgehead atoms. The second-order valence-corrected chi connectivity index (χ2v) is 8.71. The van der Waals surface area contributed by atoms with Gasteiger partial charge in [0.15, 0.2) is 0 Å². The van der Waals surface area contributed by atoms with Crippen molar-refractivity contribution in [1.29, 1.82) is 0 Å². The number of aromatic nitrogens is 1. The van der Waals surface area contributed by atoms with Crippen molar-refractivity contribution in [2.24, 2.45) is 5.92 Å². The molecule has 2 heterocycles. The van der Waals surface area contributed by atoms with Gasteiger partial charge < -0.3 is 10.1 Å². The monoisotopic (exact) mass is 407 g/mol. The van der Waals surface area contributed by atoms with Crippen LogP contribution in [0.15, 0.2) is 48.7 Å². The van der Waals surface area contributed by atoms with Gasteiger partial charge in [0.05, 0.1) is 17.8 Å². The first-order chi connectivity index (χ1) is 14.7. The molecular weight excluding hydrogens is 374 g/mol. The van der Waals surface area contributed by atoms with E-state index < -0.39 is 0 Å². The SMILES string of the molecule is CC(=O)N[C@H](c1ccccn1)C1CCN(Cc2ccc(OC3CCCC3)cc2)CC1. The van der Waals surface area contributed by atoms with E-state index in [1.807, 2.05) is 18.2 Å². The first-order valence-corrected chi connectivity index (χ1v) is 11.3. The second kappa shape index (κ2) is 10.1. The summed E-state index contributed by atoms with van der Waals surface area (Å²) in [5, 5.41) is 3.13. The van der Waals surface area contributed by atoms with Gasteiger partial charge in [0.25, 0.3) is 0 Å². The van der Waals surface area contributed by atoms with E-state index in [2.05, 4.69) is 39.5 Å². The van der Waals surface area contributed by atoms with Crippen LogP contribution in [0.5, 0.6) is 5.75 Å². The van der Waals surface area contributed by atoms with Crippen LogP contribution in [0.1, 0.15) is 62.7 Å². The largest absolute Gasteiger partial charge is 0.490 e. The van der Waals surface area contributed by atoms with E-state index in [4.69, 9.17) is 4.74 Å². The van der Waals surface area contributed by atoms with Gasteiger partial charge in [0.2, 0.25) is 5.91 Å². The molecule has 160 valence electrons. The number of carbonyl (C=O) groups is 1. The molecule has 1 aromatic carbocycles. The average molecular weight is 408 g/mol. The smallest absolute Gasteiger partial charge is 0.217 e. The normalized spacial score (nSPS) is 19.5. The van der Waals surface area contributed by atoms with Crippen molar-refractivity contribution in [3.63, 3.8) is 0 Å². The van der Waals surface area contributed by atoms with Gasteiger partial charge >= 0.3 is 0 Å². The number of nitrogens with zero attached hydrogens (tertiary/aromatic N) is 2. The molecule has 1 aromatic heterocycles. The van der Waals surface area contributed by atoms with Crippen LogP contribution in [0, 0.1) is 5.92 Å². The summed E-state index contributed by atoms with van der Waals surface area (Å²) in [4.78, 5) is 18.8. The molecule has 0 unspecified atom stereocenters. The molecule has 1 amide bonds. The lowest BCUT2D eigenvalue weighted by Gasteiger charge is -2.36. The van der Waals surface area contributed by atoms with Crippen molar-refractivity contribution >= 4 is 5.91 Å². The lowest BCUT2D eigenvalue weighted by molar-refractivity contribution is -0.120. The Morgan fingerprint density at radius 1 is 1.10 bits per heavy atom. The topological polar surface area (TPSA) is 54.5 Å². The molecule has 1 atom stereocenters. The predicted octanol–water partition coefficient (Wildman–Crippen LogP) is 4.49. The minimum Gasteiger partial charge on any atom is -0.490 e. The second-order valence-electron chi connectivity index (χ2n) is 8.71. The van der Waals surface area contributed by atoms with E-state index in [0.29, 0.717) is 12.0 Å². The number of benzene rings is 1. The van der Waals surface area contributed by atoms with E-state index in [1.54, 1.807) is 13.1 Å². The van der Waals surface area contributed by atoms with Crippen molar-refractivity contribution in [1.82, 2.24) is 15.2 Å². The Balaban J connectivity index is 1.29. The number of piperidine rings is 1. The van der Waals surface area contributed by atoms with Crippen LogP contribution in [0.25, 0.3) is 0 Å². The fraction of sp³-hybridized carbons (Fsp3) is 0.520. The number of likely N-dealkylation sites (tertiary alicyclic amines) is 1. The first kappa shape index (κ1) is 20.9. The number of amides is 1. The molecule has 1 aliphatic carbocycles. The van der Waals surface area contributed by atoms with E-state index in [-0.39, 0.29) is 11.9 Å². The molecule has 2 fully saturated rings. The number of hydrogen-bond acceptors (Lipinski definition) is 4. The number of ether oxygens (including phenoxy) is 1. The molecule has 2 aliphatic rings. The molecule has 1 aliphatic heterocycles. The summed E-state index contributed by atoms with van der Waals surface area (Å²) in [6, 6.07) is 14.6. The maximum absolute atomic E-state index is 11.8. The third kappa shape index (κ3) is 5.60. The Bertz CT molecular complexity index is 795. The van der Waals surface area contributed by atoms with Crippen LogP contribution in [-0.2, 0) is 11.3 Å². The van der Waals surface area contributed by atoms with Gasteiger partial charge in [-0.05, 0) is 87.4 Å². The lowest BCUT2D eigenvalue weighted by atomic mass is 9.87. The zero-order valence-electron chi connectivity index (χ0n) is 17.9. The summed E-state index contributed by atoms with van der Waals surface area (Å²) < 4.78 is 6.08. The van der Waals surface area contributed by atoms with Gasteiger partial charge in [-0.1, -0.05) is 18.2 Å². The number of carbonyl (C=O) groups excluding carboxylic acids is 1. The van der Waals surface area contributed by atoms with Gasteiger partial charge in [-0.15, -0.1) is 0 Å². The van der Waals surface area contributed by atoms with E-state index in [0.717, 1.165) is 43.9 Å². The third-order valence-corrected chi connectivity index (χ3v) is 6.40. The van der Waals surface area contributed by atoms with Crippen molar-refractivity contribution in [3.05, 3.63) is 59.9 Å². The average Bonchev–Trinajstić information content (AvgIpc) is 3.28. The Morgan fingerprint density at radius 3 is 2.47 bits per heavy atom. The first-order valence-electron chi connectivity index (χ1n) is 11.3. The van der Waals surface area contributed by atoms with Gasteiger partial charge in [-0.25, -0.2) is 0 Å². The summed E-state index contributed by atoms with van der Waals surface area (Å²) >= 11 is 0. The van der Waals surface area contributed by atoms with Crippen molar-refractivity contribution < 1.29 is 9.53 Å². The fourth-order valence-electron chi connectivity index (χ4n) is 4.79. The highest BCUT2D eigenvalue weighted by atomic mass is 16.5. The van der Waals surface area contributed by atoms with Crippen molar-refractivity contribution in [3.8, 4) is 5.75 Å². The molecule has 1 N–H and O–H groups in total. The molecular formula is C25H33N3O2. The van der Waals surface area contributed by atoms with Crippen molar-refractivity contribution in [2.75, 3.05) is 13.1 Å². The van der Waals surface area contributed by atoms with Crippen LogP contribution in [0.2, 0.25) is 0 Å². The molecule has 1 saturated carbocycles. The zero-order valence-corrected chi connectivity index (χ0v) is 17.9. The Hall–Kier alpha value is -2.40. The standard InChI is InChI=1S/C25H33N3O2/c1-19(29)27-25(24-8-4-5-15-26-24)21-13-16-28(17-14-21)18-20-9-11-23(12-10-20)30-22-6-2-3-7-22/h4-5,8-12,15,21-22,25H,2-3,6-7,13-14,16-18H2,1H3,(H,27,29)/t25-/m0/s1. The number of nitrogens with one attached hydrogen (secondary N) is 1. The third-order valence-electron chi connectivity index (χ3n) is 6.40. The Labute approximate surface area is 179 Å². The van der Waals surface area contributed by atoms with E-state index in [1.165, 1.54) is 31.2 Å². The highest BCUT2D eigenvalue weighted by molar-refractivity contribution is 5.73. The molecule has 0 radical (unpaired) electrons. The molecule has 1 saturated heterocycles. The zero-order chi connectivity index (χ0) is 20.8. The van der Waals surface area contributed by atoms with Gasteiger partial charge in [0, 0.05) is 19.7 Å². The number of hydrogen-bond donors (Lipinski definition) is 1. The quantitative estimate of drug-likeness (QED) is 0.735. The van der Waals surface area contributed by atoms with Crippen LogP contribution in [0.3, 0.4) is 0 Å². The van der Waals surface area contributed by atoms with Gasteiger partial charge in [-0.2, -0.15) is 0 Å².